The smallest absolute Gasteiger partial charge is 0.275 e. The summed E-state index contributed by atoms with van der Waals surface area (Å²) in [6, 6.07) is 5.60. The first kappa shape index (κ1) is 9.74. The van der Waals surface area contributed by atoms with Gasteiger partial charge in [0.05, 0.1) is 7.11 Å². The van der Waals surface area contributed by atoms with E-state index in [0.29, 0.717) is 5.56 Å². The zero-order chi connectivity index (χ0) is 9.84. The summed E-state index contributed by atoms with van der Waals surface area (Å²) in [5.41, 5.74) is 5.03. The van der Waals surface area contributed by atoms with Gasteiger partial charge in [-0.15, -0.1) is 0 Å². The van der Waals surface area contributed by atoms with Crippen LogP contribution in [-0.2, 0) is 4.84 Å². The minimum absolute atomic E-state index is 0.205. The first-order chi connectivity index (χ1) is 6.16. The van der Waals surface area contributed by atoms with Crippen molar-refractivity contribution in [1.29, 1.82) is 0 Å². The summed E-state index contributed by atoms with van der Waals surface area (Å²) in [5.74, 6) is -0.205. The van der Waals surface area contributed by atoms with Crippen molar-refractivity contribution in [1.82, 2.24) is 5.48 Å². The fraction of sp³-hybridized carbons (Fsp3) is 0.300. The SMILES string of the molecule is CONC(=O)c1cccc(C)c1C. The third kappa shape index (κ3) is 2.06. The van der Waals surface area contributed by atoms with E-state index in [1.165, 1.54) is 7.11 Å². The van der Waals surface area contributed by atoms with Crippen molar-refractivity contribution in [3.8, 4) is 0 Å². The number of hydroxylamine groups is 1. The molecule has 13 heavy (non-hydrogen) atoms. The van der Waals surface area contributed by atoms with Crippen molar-refractivity contribution in [3.63, 3.8) is 0 Å². The number of amides is 1. The van der Waals surface area contributed by atoms with Gasteiger partial charge in [0.1, 0.15) is 0 Å². The van der Waals surface area contributed by atoms with Gasteiger partial charge in [0.15, 0.2) is 0 Å². The predicted octanol–water partition coefficient (Wildman–Crippen LogP) is 1.59. The van der Waals surface area contributed by atoms with E-state index in [0.717, 1.165) is 11.1 Å². The van der Waals surface area contributed by atoms with E-state index in [2.05, 4.69) is 10.3 Å². The van der Waals surface area contributed by atoms with Crippen LogP contribution in [-0.4, -0.2) is 13.0 Å². The molecule has 0 spiro atoms. The van der Waals surface area contributed by atoms with Gasteiger partial charge in [-0.3, -0.25) is 9.63 Å². The molecule has 0 unspecified atom stereocenters. The highest BCUT2D eigenvalue weighted by Crippen LogP contribution is 2.12. The number of rotatable bonds is 2. The van der Waals surface area contributed by atoms with Gasteiger partial charge in [0.2, 0.25) is 0 Å². The first-order valence-corrected chi connectivity index (χ1v) is 4.06. The van der Waals surface area contributed by atoms with Crippen LogP contribution in [0.2, 0.25) is 0 Å². The molecule has 0 radical (unpaired) electrons. The van der Waals surface area contributed by atoms with Crippen molar-refractivity contribution in [2.45, 2.75) is 13.8 Å². The van der Waals surface area contributed by atoms with Crippen LogP contribution in [0.1, 0.15) is 21.5 Å². The largest absolute Gasteiger partial charge is 0.277 e. The Kier molecular flexibility index (Phi) is 3.03. The van der Waals surface area contributed by atoms with Crippen LogP contribution in [0.5, 0.6) is 0 Å². The highest BCUT2D eigenvalue weighted by molar-refractivity contribution is 5.95. The van der Waals surface area contributed by atoms with E-state index in [-0.39, 0.29) is 5.91 Å². The van der Waals surface area contributed by atoms with E-state index in [4.69, 9.17) is 0 Å². The van der Waals surface area contributed by atoms with Crippen LogP contribution in [0.15, 0.2) is 18.2 Å². The second kappa shape index (κ2) is 4.05. The number of carbonyl (C=O) groups excluding carboxylic acids is 1. The molecule has 1 aromatic rings. The Labute approximate surface area is 77.7 Å². The summed E-state index contributed by atoms with van der Waals surface area (Å²) in [6.45, 7) is 3.89. The van der Waals surface area contributed by atoms with Gasteiger partial charge in [-0.2, -0.15) is 0 Å². The molecule has 0 fully saturated rings. The van der Waals surface area contributed by atoms with E-state index in [1.54, 1.807) is 6.07 Å². The van der Waals surface area contributed by atoms with Crippen molar-refractivity contribution < 1.29 is 9.63 Å². The van der Waals surface area contributed by atoms with Crippen LogP contribution in [0.25, 0.3) is 0 Å². The number of nitrogens with one attached hydrogen (secondary N) is 1. The maximum Gasteiger partial charge on any atom is 0.275 e. The summed E-state index contributed by atoms with van der Waals surface area (Å²) >= 11 is 0. The molecule has 0 aliphatic heterocycles. The molecule has 0 saturated carbocycles. The number of hydrogen-bond acceptors (Lipinski definition) is 2. The molecule has 3 nitrogen and oxygen atoms in total. The Morgan fingerprint density at radius 1 is 1.38 bits per heavy atom. The lowest BCUT2D eigenvalue weighted by atomic mass is 10.0. The van der Waals surface area contributed by atoms with Gasteiger partial charge in [-0.1, -0.05) is 12.1 Å². The fourth-order valence-electron chi connectivity index (χ4n) is 1.14. The van der Waals surface area contributed by atoms with Crippen molar-refractivity contribution >= 4 is 5.91 Å². The molecular weight excluding hydrogens is 166 g/mol. The second-order valence-corrected chi connectivity index (χ2v) is 2.88. The summed E-state index contributed by atoms with van der Waals surface area (Å²) < 4.78 is 0. The van der Waals surface area contributed by atoms with Crippen LogP contribution in [0.3, 0.4) is 0 Å². The van der Waals surface area contributed by atoms with Gasteiger partial charge in [0, 0.05) is 5.56 Å². The number of carbonyl (C=O) groups is 1. The third-order valence-corrected chi connectivity index (χ3v) is 2.04. The monoisotopic (exact) mass is 179 g/mol. The summed E-state index contributed by atoms with van der Waals surface area (Å²) in [6.07, 6.45) is 0. The number of hydrogen-bond donors (Lipinski definition) is 1. The Bertz CT molecular complexity index is 321. The average molecular weight is 179 g/mol. The van der Waals surface area contributed by atoms with Crippen LogP contribution >= 0.6 is 0 Å². The van der Waals surface area contributed by atoms with E-state index < -0.39 is 0 Å². The van der Waals surface area contributed by atoms with Crippen LogP contribution < -0.4 is 5.48 Å². The molecule has 70 valence electrons. The molecule has 0 aliphatic rings. The van der Waals surface area contributed by atoms with Gasteiger partial charge in [-0.05, 0) is 31.0 Å². The van der Waals surface area contributed by atoms with E-state index >= 15 is 0 Å². The molecule has 0 aromatic heterocycles. The Balaban J connectivity index is 3.01. The standard InChI is InChI=1S/C10H13NO2/c1-7-5-4-6-9(8(7)2)10(12)11-13-3/h4-6H,1-3H3,(H,11,12). The van der Waals surface area contributed by atoms with Crippen molar-refractivity contribution in [2.24, 2.45) is 0 Å². The van der Waals surface area contributed by atoms with Crippen LogP contribution in [0, 0.1) is 13.8 Å². The van der Waals surface area contributed by atoms with Crippen LogP contribution in [0.4, 0.5) is 0 Å². The quantitative estimate of drug-likeness (QED) is 0.700. The Morgan fingerprint density at radius 3 is 2.69 bits per heavy atom. The maximum absolute atomic E-state index is 11.4. The summed E-state index contributed by atoms with van der Waals surface area (Å²) in [5, 5.41) is 0. The highest BCUT2D eigenvalue weighted by Gasteiger charge is 2.08. The van der Waals surface area contributed by atoms with E-state index in [9.17, 15) is 4.79 Å². The normalized spacial score (nSPS) is 9.77. The maximum atomic E-state index is 11.4. The van der Waals surface area contributed by atoms with Crippen molar-refractivity contribution in [2.75, 3.05) is 7.11 Å². The molecule has 1 rings (SSSR count). The molecule has 3 heteroatoms. The fourth-order valence-corrected chi connectivity index (χ4v) is 1.14. The second-order valence-electron chi connectivity index (χ2n) is 2.88. The molecule has 1 amide bonds. The molecule has 0 heterocycles. The number of aryl methyl sites for hydroxylation is 1. The molecular formula is C10H13NO2. The summed E-state index contributed by atoms with van der Waals surface area (Å²) in [4.78, 5) is 15.9. The lowest BCUT2D eigenvalue weighted by Crippen LogP contribution is -2.22. The van der Waals surface area contributed by atoms with Gasteiger partial charge in [0.25, 0.3) is 5.91 Å². The van der Waals surface area contributed by atoms with E-state index in [1.807, 2.05) is 26.0 Å². The highest BCUT2D eigenvalue weighted by atomic mass is 16.6. The number of benzene rings is 1. The summed E-state index contributed by atoms with van der Waals surface area (Å²) in [7, 11) is 1.42. The van der Waals surface area contributed by atoms with Gasteiger partial charge in [-0.25, -0.2) is 5.48 Å². The lowest BCUT2D eigenvalue weighted by Gasteiger charge is -2.07. The lowest BCUT2D eigenvalue weighted by molar-refractivity contribution is 0.0537. The zero-order valence-corrected chi connectivity index (χ0v) is 8.05. The first-order valence-electron chi connectivity index (χ1n) is 4.06. The molecule has 1 N–H and O–H groups in total. The molecule has 0 bridgehead atoms. The molecule has 0 aliphatic carbocycles. The zero-order valence-electron chi connectivity index (χ0n) is 8.05. The Hall–Kier alpha value is -1.35. The minimum Gasteiger partial charge on any atom is -0.277 e. The third-order valence-electron chi connectivity index (χ3n) is 2.04. The van der Waals surface area contributed by atoms with Crippen molar-refractivity contribution in [3.05, 3.63) is 34.9 Å². The predicted molar refractivity (Wildman–Crippen MR) is 50.4 cm³/mol. The Morgan fingerprint density at radius 2 is 2.08 bits per heavy atom. The minimum atomic E-state index is -0.205. The van der Waals surface area contributed by atoms with Gasteiger partial charge >= 0.3 is 0 Å². The molecule has 1 aromatic carbocycles. The average Bonchev–Trinajstić information content (AvgIpc) is 2.10. The van der Waals surface area contributed by atoms with Gasteiger partial charge < -0.3 is 0 Å². The molecule has 0 atom stereocenters. The molecule has 0 saturated heterocycles. The topological polar surface area (TPSA) is 38.3 Å².